The maximum Gasteiger partial charge on any atom is 0.339 e. The van der Waals surface area contributed by atoms with E-state index in [1.165, 1.54) is 12.4 Å². The molecule has 1 N–H and O–H groups in total. The smallest absolute Gasteiger partial charge is 0.339 e. The molecule has 0 saturated heterocycles. The van der Waals surface area contributed by atoms with E-state index in [0.29, 0.717) is 16.7 Å². The zero-order chi connectivity index (χ0) is 15.5. The summed E-state index contributed by atoms with van der Waals surface area (Å²) >= 11 is 0. The van der Waals surface area contributed by atoms with Gasteiger partial charge in [0.2, 0.25) is 0 Å². The van der Waals surface area contributed by atoms with Gasteiger partial charge < -0.3 is 5.11 Å². The van der Waals surface area contributed by atoms with Crippen molar-refractivity contribution in [3.8, 4) is 22.3 Å². The molecule has 0 fully saturated rings. The average molecular weight is 294 g/mol. The lowest BCUT2D eigenvalue weighted by atomic mass is 9.95. The number of carboxylic acids is 1. The van der Waals surface area contributed by atoms with Crippen molar-refractivity contribution in [1.29, 1.82) is 0 Å². The van der Waals surface area contributed by atoms with E-state index in [1.807, 2.05) is 0 Å². The molecule has 0 radical (unpaired) electrons. The number of carbonyl (C=O) groups is 1. The largest absolute Gasteiger partial charge is 0.478 e. The van der Waals surface area contributed by atoms with Gasteiger partial charge in [0.25, 0.3) is 0 Å². The van der Waals surface area contributed by atoms with Crippen molar-refractivity contribution >= 4 is 5.97 Å². The first kappa shape index (κ1) is 13.9. The Labute approximate surface area is 125 Å². The number of hydrogen-bond donors (Lipinski definition) is 1. The normalized spacial score (nSPS) is 10.4. The Hall–Kier alpha value is -3.08. The van der Waals surface area contributed by atoms with Gasteiger partial charge in [-0.25, -0.2) is 9.18 Å². The van der Waals surface area contributed by atoms with E-state index in [-0.39, 0.29) is 11.1 Å². The van der Waals surface area contributed by atoms with Gasteiger partial charge in [0.15, 0.2) is 0 Å². The molecule has 0 aliphatic rings. The Morgan fingerprint density at radius 1 is 0.909 bits per heavy atom. The molecule has 3 rings (SSSR count). The van der Waals surface area contributed by atoms with Crippen molar-refractivity contribution in [3.63, 3.8) is 0 Å². The van der Waals surface area contributed by atoms with Crippen LogP contribution in [0.2, 0.25) is 0 Å². The maximum atomic E-state index is 14.7. The third-order valence-corrected chi connectivity index (χ3v) is 3.30. The van der Waals surface area contributed by atoms with Gasteiger partial charge in [-0.1, -0.05) is 24.3 Å². The van der Waals surface area contributed by atoms with Crippen LogP contribution in [0.1, 0.15) is 10.4 Å². The Morgan fingerprint density at radius 3 is 1.95 bits per heavy atom. The first-order valence-electron chi connectivity index (χ1n) is 6.55. The van der Waals surface area contributed by atoms with Crippen LogP contribution >= 0.6 is 0 Å². The zero-order valence-corrected chi connectivity index (χ0v) is 11.4. The minimum absolute atomic E-state index is 0.207. The average Bonchev–Trinajstić information content (AvgIpc) is 2.55. The summed E-state index contributed by atoms with van der Waals surface area (Å²) in [6.45, 7) is 0. The molecule has 0 bridgehead atoms. The van der Waals surface area contributed by atoms with Crippen LogP contribution in [0.4, 0.5) is 4.39 Å². The summed E-state index contributed by atoms with van der Waals surface area (Å²) in [5.41, 5.74) is 1.22. The lowest BCUT2D eigenvalue weighted by Crippen LogP contribution is -2.05. The summed E-state index contributed by atoms with van der Waals surface area (Å²) in [6.07, 6.45) is 6.15. The van der Waals surface area contributed by atoms with Crippen molar-refractivity contribution in [2.45, 2.75) is 0 Å². The molecule has 0 spiro atoms. The second-order valence-electron chi connectivity index (χ2n) is 4.64. The Kier molecular flexibility index (Phi) is 3.62. The van der Waals surface area contributed by atoms with Gasteiger partial charge in [-0.15, -0.1) is 0 Å². The molecule has 5 heteroatoms. The van der Waals surface area contributed by atoms with Crippen molar-refractivity contribution in [2.24, 2.45) is 0 Å². The molecular weight excluding hydrogens is 283 g/mol. The SMILES string of the molecule is O=C(O)c1c(-c2cccnc2)ccc(-c2cccnc2)c1F. The number of hydrogen-bond acceptors (Lipinski definition) is 3. The fourth-order valence-electron chi connectivity index (χ4n) is 2.29. The summed E-state index contributed by atoms with van der Waals surface area (Å²) in [5.74, 6) is -2.09. The molecule has 1 aromatic carbocycles. The van der Waals surface area contributed by atoms with E-state index in [4.69, 9.17) is 0 Å². The lowest BCUT2D eigenvalue weighted by molar-refractivity contribution is 0.0693. The topological polar surface area (TPSA) is 63.1 Å². The highest BCUT2D eigenvalue weighted by molar-refractivity contribution is 5.98. The van der Waals surface area contributed by atoms with Crippen LogP contribution in [-0.4, -0.2) is 21.0 Å². The summed E-state index contributed by atoms with van der Waals surface area (Å²) in [6, 6.07) is 9.86. The van der Waals surface area contributed by atoms with Crippen LogP contribution in [-0.2, 0) is 0 Å². The van der Waals surface area contributed by atoms with Crippen LogP contribution in [0.5, 0.6) is 0 Å². The summed E-state index contributed by atoms with van der Waals surface area (Å²) in [7, 11) is 0. The third kappa shape index (κ3) is 2.44. The van der Waals surface area contributed by atoms with Crippen LogP contribution in [0.15, 0.2) is 61.2 Å². The molecule has 0 atom stereocenters. The molecule has 2 heterocycles. The van der Waals surface area contributed by atoms with Crippen LogP contribution < -0.4 is 0 Å². The van der Waals surface area contributed by atoms with Gasteiger partial charge in [0, 0.05) is 47.0 Å². The first-order valence-corrected chi connectivity index (χ1v) is 6.55. The summed E-state index contributed by atoms with van der Waals surface area (Å²) < 4.78 is 14.7. The highest BCUT2D eigenvalue weighted by Gasteiger charge is 2.21. The van der Waals surface area contributed by atoms with Gasteiger partial charge in [0.1, 0.15) is 11.4 Å². The molecule has 0 aliphatic heterocycles. The molecule has 108 valence electrons. The third-order valence-electron chi connectivity index (χ3n) is 3.30. The predicted octanol–water partition coefficient (Wildman–Crippen LogP) is 3.65. The number of nitrogens with zero attached hydrogens (tertiary/aromatic N) is 2. The number of aromatic carboxylic acids is 1. The monoisotopic (exact) mass is 294 g/mol. The van der Waals surface area contributed by atoms with Crippen LogP contribution in [0.25, 0.3) is 22.3 Å². The Bertz CT molecular complexity index is 821. The maximum absolute atomic E-state index is 14.7. The van der Waals surface area contributed by atoms with Gasteiger partial charge in [-0.2, -0.15) is 0 Å². The fraction of sp³-hybridized carbons (Fsp3) is 0. The van der Waals surface area contributed by atoms with E-state index in [0.717, 1.165) is 0 Å². The highest BCUT2D eigenvalue weighted by atomic mass is 19.1. The quantitative estimate of drug-likeness (QED) is 0.801. The molecule has 22 heavy (non-hydrogen) atoms. The molecule has 2 aromatic heterocycles. The minimum Gasteiger partial charge on any atom is -0.478 e. The van der Waals surface area contributed by atoms with Gasteiger partial charge in [-0.05, 0) is 12.1 Å². The van der Waals surface area contributed by atoms with Gasteiger partial charge in [0.05, 0.1) is 0 Å². The number of benzene rings is 1. The molecule has 4 nitrogen and oxygen atoms in total. The Morgan fingerprint density at radius 2 is 1.45 bits per heavy atom. The molecule has 0 amide bonds. The van der Waals surface area contributed by atoms with Crippen molar-refractivity contribution in [1.82, 2.24) is 9.97 Å². The molecular formula is C17H11FN2O2. The van der Waals surface area contributed by atoms with Gasteiger partial charge in [-0.3, -0.25) is 9.97 Å². The first-order chi connectivity index (χ1) is 10.7. The van der Waals surface area contributed by atoms with Crippen LogP contribution in [0.3, 0.4) is 0 Å². The number of carboxylic acid groups (broad SMARTS) is 1. The fourth-order valence-corrected chi connectivity index (χ4v) is 2.29. The molecule has 0 aliphatic carbocycles. The number of pyridine rings is 2. The van der Waals surface area contributed by atoms with Gasteiger partial charge >= 0.3 is 5.97 Å². The molecule has 0 saturated carbocycles. The van der Waals surface area contributed by atoms with E-state index in [1.54, 1.807) is 48.8 Å². The molecule has 3 aromatic rings. The van der Waals surface area contributed by atoms with Crippen molar-refractivity contribution in [3.05, 3.63) is 72.6 Å². The van der Waals surface area contributed by atoms with Crippen molar-refractivity contribution in [2.75, 3.05) is 0 Å². The molecule has 0 unspecified atom stereocenters. The van der Waals surface area contributed by atoms with E-state index < -0.39 is 11.8 Å². The van der Waals surface area contributed by atoms with Crippen molar-refractivity contribution < 1.29 is 14.3 Å². The Balaban J connectivity index is 2.24. The number of aromatic nitrogens is 2. The number of rotatable bonds is 3. The summed E-state index contributed by atoms with van der Waals surface area (Å²) in [5, 5.41) is 9.40. The van der Waals surface area contributed by atoms with E-state index in [9.17, 15) is 14.3 Å². The standard InChI is InChI=1S/C17H11FN2O2/c18-16-14(12-4-2-8-20-10-12)6-5-13(15(16)17(21)22)11-3-1-7-19-9-11/h1-10H,(H,21,22). The minimum atomic E-state index is -1.32. The predicted molar refractivity (Wildman–Crippen MR) is 79.8 cm³/mol. The summed E-state index contributed by atoms with van der Waals surface area (Å²) in [4.78, 5) is 19.4. The number of halogens is 1. The second kappa shape index (κ2) is 5.73. The highest BCUT2D eigenvalue weighted by Crippen LogP contribution is 2.31. The second-order valence-corrected chi connectivity index (χ2v) is 4.64. The zero-order valence-electron chi connectivity index (χ0n) is 11.4. The van der Waals surface area contributed by atoms with E-state index >= 15 is 0 Å². The van der Waals surface area contributed by atoms with E-state index in [2.05, 4.69) is 9.97 Å². The van der Waals surface area contributed by atoms with Crippen LogP contribution in [0, 0.1) is 5.82 Å². The lowest BCUT2D eigenvalue weighted by Gasteiger charge is -2.11.